The molecule has 4 unspecified atom stereocenters. The molecular formula is C32H34N2O8S. The fourth-order valence-corrected chi connectivity index (χ4v) is 6.78. The molecule has 3 aromatic rings. The van der Waals surface area contributed by atoms with Gasteiger partial charge < -0.3 is 19.3 Å². The Morgan fingerprint density at radius 2 is 1.51 bits per heavy atom. The number of hydrogen-bond donors (Lipinski definition) is 1. The predicted octanol–water partition coefficient (Wildman–Crippen LogP) is 4.67. The highest BCUT2D eigenvalue weighted by molar-refractivity contribution is 7.08. The van der Waals surface area contributed by atoms with Gasteiger partial charge in [0.25, 0.3) is 23.6 Å². The van der Waals surface area contributed by atoms with Crippen LogP contribution in [0.15, 0.2) is 35.0 Å². The molecule has 4 atom stereocenters. The molecule has 10 nitrogen and oxygen atoms in total. The molecule has 1 aromatic heterocycles. The summed E-state index contributed by atoms with van der Waals surface area (Å²) < 4.78 is 18.3. The van der Waals surface area contributed by atoms with Gasteiger partial charge in [-0.15, -0.1) is 11.3 Å². The van der Waals surface area contributed by atoms with Crippen LogP contribution in [0.5, 0.6) is 11.5 Å². The number of ether oxygens (including phenoxy) is 3. The van der Waals surface area contributed by atoms with Gasteiger partial charge in [0.1, 0.15) is 12.7 Å². The second kappa shape index (κ2) is 11.0. The maximum Gasteiger partial charge on any atom is 0.261 e. The van der Waals surface area contributed by atoms with Gasteiger partial charge in [-0.1, -0.05) is 13.8 Å². The van der Waals surface area contributed by atoms with E-state index in [2.05, 4.69) is 0 Å². The van der Waals surface area contributed by atoms with Crippen LogP contribution in [0.3, 0.4) is 0 Å². The molecular weight excluding hydrogens is 572 g/mol. The monoisotopic (exact) mass is 606 g/mol. The summed E-state index contributed by atoms with van der Waals surface area (Å²) in [5.41, 5.74) is -0.0134. The molecule has 0 radical (unpaired) electrons. The number of nitrogens with zero attached hydrogens (tertiary/aromatic N) is 2. The number of carbonyl (C=O) groups excluding carboxylic acids is 4. The van der Waals surface area contributed by atoms with E-state index >= 15 is 0 Å². The van der Waals surface area contributed by atoms with Gasteiger partial charge >= 0.3 is 0 Å². The summed E-state index contributed by atoms with van der Waals surface area (Å²) in [6.45, 7) is 7.51. The Balaban J connectivity index is 1.27. The third-order valence-corrected chi connectivity index (χ3v) is 9.56. The van der Waals surface area contributed by atoms with E-state index in [0.29, 0.717) is 36.6 Å². The molecule has 43 heavy (non-hydrogen) atoms. The van der Waals surface area contributed by atoms with Crippen molar-refractivity contribution < 1.29 is 38.5 Å². The Labute approximate surface area is 253 Å². The van der Waals surface area contributed by atoms with Crippen molar-refractivity contribution in [2.24, 2.45) is 0 Å². The van der Waals surface area contributed by atoms with Gasteiger partial charge in [-0.2, -0.15) is 0 Å². The Morgan fingerprint density at radius 3 is 2.05 bits per heavy atom. The lowest BCUT2D eigenvalue weighted by molar-refractivity contribution is -0.0438. The number of hydrogen-bond acceptors (Lipinski definition) is 9. The first kappa shape index (κ1) is 29.3. The van der Waals surface area contributed by atoms with Crippen LogP contribution in [0.1, 0.15) is 88.4 Å². The average Bonchev–Trinajstić information content (AvgIpc) is 3.48. The van der Waals surface area contributed by atoms with Gasteiger partial charge in [0.2, 0.25) is 0 Å². The summed E-state index contributed by atoms with van der Waals surface area (Å²) in [7, 11) is 0. The summed E-state index contributed by atoms with van der Waals surface area (Å²) in [5, 5.41) is 14.1. The van der Waals surface area contributed by atoms with Gasteiger partial charge in [-0.05, 0) is 51.0 Å². The van der Waals surface area contributed by atoms with Crippen LogP contribution in [-0.2, 0) is 4.74 Å². The minimum atomic E-state index is -0.969. The van der Waals surface area contributed by atoms with Gasteiger partial charge in [0.05, 0.1) is 30.9 Å². The largest absolute Gasteiger partial charge is 0.485 e. The van der Waals surface area contributed by atoms with E-state index in [-0.39, 0.29) is 47.7 Å². The molecule has 0 saturated heterocycles. The lowest BCUT2D eigenvalue weighted by Gasteiger charge is -2.42. The first-order chi connectivity index (χ1) is 20.6. The molecule has 11 heteroatoms. The minimum absolute atomic E-state index is 0.121. The van der Waals surface area contributed by atoms with E-state index < -0.39 is 35.2 Å². The molecule has 1 N–H and O–H groups in total. The summed E-state index contributed by atoms with van der Waals surface area (Å²) >= 11 is 1.52. The highest BCUT2D eigenvalue weighted by Gasteiger charge is 2.46. The number of thiophene rings is 1. The zero-order valence-electron chi connectivity index (χ0n) is 24.5. The third-order valence-electron chi connectivity index (χ3n) is 8.86. The normalized spacial score (nSPS) is 20.4. The standard InChI is InChI=1S/C32H34N2O8S/c1-5-18(11-19-13-40-24-14-43-15-25(24)42-19)41-16-32(4,6-2)34-30(38)22-9-7-20-26-21(8-10-23(27(22)26)31(34)39)29(37)33(28(20)36)17(3)12-35/h7-10,14-15,17-19,35H,5-6,11-13,16H2,1-4H3. The number of aliphatic hydroxyl groups excluding tert-OH is 1. The van der Waals surface area contributed by atoms with Crippen LogP contribution >= 0.6 is 11.3 Å². The zero-order valence-corrected chi connectivity index (χ0v) is 25.4. The van der Waals surface area contributed by atoms with Crippen molar-refractivity contribution in [3.8, 4) is 11.5 Å². The fraction of sp³-hybridized carbons (Fsp3) is 0.438. The first-order valence-electron chi connectivity index (χ1n) is 14.6. The summed E-state index contributed by atoms with van der Waals surface area (Å²) in [4.78, 5) is 57.0. The topological polar surface area (TPSA) is 123 Å². The quantitative estimate of drug-likeness (QED) is 0.331. The molecule has 0 bridgehead atoms. The highest BCUT2D eigenvalue weighted by Crippen LogP contribution is 2.41. The number of carbonyl (C=O) groups is 4. The van der Waals surface area contributed by atoms with Crippen LogP contribution in [0.4, 0.5) is 0 Å². The van der Waals surface area contributed by atoms with E-state index in [0.717, 1.165) is 16.4 Å². The zero-order chi connectivity index (χ0) is 30.6. The van der Waals surface area contributed by atoms with Crippen LogP contribution in [-0.4, -0.2) is 82.1 Å². The summed E-state index contributed by atoms with van der Waals surface area (Å²) in [6, 6.07) is 5.43. The van der Waals surface area contributed by atoms with Crippen molar-refractivity contribution in [1.82, 2.24) is 9.80 Å². The van der Waals surface area contributed by atoms with Crippen LogP contribution in [0, 0.1) is 0 Å². The molecule has 0 aliphatic carbocycles. The Bertz CT molecular complexity index is 1580. The van der Waals surface area contributed by atoms with Crippen LogP contribution < -0.4 is 9.47 Å². The number of benzene rings is 2. The first-order valence-corrected chi connectivity index (χ1v) is 15.5. The van der Waals surface area contributed by atoms with Gasteiger partial charge in [-0.25, -0.2) is 0 Å². The number of aliphatic hydroxyl groups is 1. The molecule has 4 heterocycles. The second-order valence-corrected chi connectivity index (χ2v) is 12.4. The predicted molar refractivity (Wildman–Crippen MR) is 159 cm³/mol. The molecule has 6 rings (SSSR count). The minimum Gasteiger partial charge on any atom is -0.485 e. The van der Waals surface area contributed by atoms with Crippen molar-refractivity contribution >= 4 is 45.7 Å². The summed E-state index contributed by atoms with van der Waals surface area (Å²) in [6.07, 6.45) is 1.39. The molecule has 226 valence electrons. The molecule has 2 aromatic carbocycles. The SMILES string of the molecule is CCC(CC1COc2cscc2O1)OCC(C)(CC)N1C(=O)c2ccc3c4c(ccc(c24)C1=O)C(=O)N(C(C)CO)C3=O. The van der Waals surface area contributed by atoms with Gasteiger partial charge in [0.15, 0.2) is 11.5 Å². The van der Waals surface area contributed by atoms with Crippen molar-refractivity contribution in [2.45, 2.75) is 70.7 Å². The molecule has 0 spiro atoms. The number of imide groups is 2. The van der Waals surface area contributed by atoms with Crippen molar-refractivity contribution in [2.75, 3.05) is 19.8 Å². The van der Waals surface area contributed by atoms with Gasteiger partial charge in [-0.3, -0.25) is 29.0 Å². The molecule has 0 saturated carbocycles. The lowest BCUT2D eigenvalue weighted by Crippen LogP contribution is -2.57. The van der Waals surface area contributed by atoms with E-state index in [1.54, 1.807) is 19.1 Å². The Hall–Kier alpha value is -3.80. The molecule has 0 fully saturated rings. The fourth-order valence-electron chi connectivity index (χ4n) is 6.11. The van der Waals surface area contributed by atoms with E-state index in [1.807, 2.05) is 31.5 Å². The lowest BCUT2D eigenvalue weighted by atomic mass is 9.83. The van der Waals surface area contributed by atoms with E-state index in [4.69, 9.17) is 14.2 Å². The maximum atomic E-state index is 14.1. The third kappa shape index (κ3) is 4.61. The van der Waals surface area contributed by atoms with E-state index in [1.165, 1.54) is 28.4 Å². The average molecular weight is 607 g/mol. The van der Waals surface area contributed by atoms with Crippen molar-refractivity contribution in [3.05, 3.63) is 57.3 Å². The number of amides is 4. The van der Waals surface area contributed by atoms with E-state index in [9.17, 15) is 24.3 Å². The summed E-state index contributed by atoms with van der Waals surface area (Å²) in [5.74, 6) is -0.640. The second-order valence-electron chi connectivity index (χ2n) is 11.6. The number of fused-ring (bicyclic) bond motifs is 1. The number of rotatable bonds is 10. The van der Waals surface area contributed by atoms with Crippen LogP contribution in [0.2, 0.25) is 0 Å². The Kier molecular flexibility index (Phi) is 7.52. The molecule has 4 amide bonds. The Morgan fingerprint density at radius 1 is 0.953 bits per heavy atom. The van der Waals surface area contributed by atoms with Crippen molar-refractivity contribution in [3.63, 3.8) is 0 Å². The maximum absolute atomic E-state index is 14.1. The smallest absolute Gasteiger partial charge is 0.261 e. The molecule has 3 aliphatic heterocycles. The van der Waals surface area contributed by atoms with Gasteiger partial charge in [0, 0.05) is 50.2 Å². The highest BCUT2D eigenvalue weighted by atomic mass is 32.1. The molecule has 3 aliphatic rings. The van der Waals surface area contributed by atoms with Crippen molar-refractivity contribution in [1.29, 1.82) is 0 Å². The van der Waals surface area contributed by atoms with Crippen LogP contribution in [0.25, 0.3) is 10.8 Å².